The first-order valence-corrected chi connectivity index (χ1v) is 6.90. The fourth-order valence-electron chi connectivity index (χ4n) is 1.65. The second-order valence-corrected chi connectivity index (χ2v) is 5.16. The van der Waals surface area contributed by atoms with Gasteiger partial charge in [-0.3, -0.25) is 0 Å². The Hall–Kier alpha value is -0.550. The molecule has 16 heavy (non-hydrogen) atoms. The minimum Gasteiger partial charge on any atom is -0.329 e. The monoisotopic (exact) mass is 242 g/mol. The summed E-state index contributed by atoms with van der Waals surface area (Å²) in [7, 11) is 0. The summed E-state index contributed by atoms with van der Waals surface area (Å²) in [5, 5.41) is 9.29. The predicted octanol–water partition coefficient (Wildman–Crippen LogP) is 2.07. The molecular formula is C11H22N4S. The van der Waals surface area contributed by atoms with Crippen LogP contribution >= 0.6 is 11.8 Å². The van der Waals surface area contributed by atoms with Crippen LogP contribution in [0.1, 0.15) is 32.5 Å². The highest BCUT2D eigenvalue weighted by Crippen LogP contribution is 2.21. The van der Waals surface area contributed by atoms with Gasteiger partial charge in [0.1, 0.15) is 5.82 Å². The van der Waals surface area contributed by atoms with Crippen molar-refractivity contribution < 1.29 is 0 Å². The SMILES string of the molecule is CCCC(C)CSc1nnc(C)n1CCN. The van der Waals surface area contributed by atoms with E-state index in [9.17, 15) is 0 Å². The van der Waals surface area contributed by atoms with Gasteiger partial charge in [-0.25, -0.2) is 0 Å². The number of hydrogen-bond donors (Lipinski definition) is 1. The molecule has 4 nitrogen and oxygen atoms in total. The van der Waals surface area contributed by atoms with Crippen molar-refractivity contribution in [2.24, 2.45) is 11.7 Å². The molecule has 0 fully saturated rings. The first kappa shape index (κ1) is 13.5. The zero-order valence-corrected chi connectivity index (χ0v) is 11.3. The van der Waals surface area contributed by atoms with Crippen LogP contribution in [-0.2, 0) is 6.54 Å². The smallest absolute Gasteiger partial charge is 0.191 e. The van der Waals surface area contributed by atoms with Crippen molar-refractivity contribution in [1.82, 2.24) is 14.8 Å². The van der Waals surface area contributed by atoms with Crippen LogP contribution in [0.25, 0.3) is 0 Å². The number of nitrogens with two attached hydrogens (primary N) is 1. The van der Waals surface area contributed by atoms with Crippen LogP contribution in [0.4, 0.5) is 0 Å². The number of rotatable bonds is 7. The van der Waals surface area contributed by atoms with E-state index in [4.69, 9.17) is 5.73 Å². The van der Waals surface area contributed by atoms with Gasteiger partial charge >= 0.3 is 0 Å². The molecule has 2 N–H and O–H groups in total. The van der Waals surface area contributed by atoms with E-state index in [-0.39, 0.29) is 0 Å². The predicted molar refractivity (Wildman–Crippen MR) is 68.6 cm³/mol. The molecular weight excluding hydrogens is 220 g/mol. The Morgan fingerprint density at radius 3 is 2.81 bits per heavy atom. The molecule has 0 aliphatic rings. The van der Waals surface area contributed by atoms with Crippen LogP contribution < -0.4 is 5.73 Å². The van der Waals surface area contributed by atoms with E-state index in [1.54, 1.807) is 11.8 Å². The molecule has 0 aliphatic heterocycles. The van der Waals surface area contributed by atoms with Crippen LogP contribution in [0.15, 0.2) is 5.16 Å². The molecule has 0 aliphatic carbocycles. The fraction of sp³-hybridized carbons (Fsp3) is 0.818. The second kappa shape index (κ2) is 6.91. The van der Waals surface area contributed by atoms with Crippen LogP contribution in [0, 0.1) is 12.8 Å². The molecule has 1 aromatic rings. The molecule has 1 rings (SSSR count). The summed E-state index contributed by atoms with van der Waals surface area (Å²) in [5.74, 6) is 2.80. The lowest BCUT2D eigenvalue weighted by atomic mass is 10.1. The summed E-state index contributed by atoms with van der Waals surface area (Å²) >= 11 is 1.79. The van der Waals surface area contributed by atoms with Gasteiger partial charge in [-0.2, -0.15) is 0 Å². The van der Waals surface area contributed by atoms with E-state index in [0.29, 0.717) is 6.54 Å². The number of nitrogens with zero attached hydrogens (tertiary/aromatic N) is 3. The topological polar surface area (TPSA) is 56.7 Å². The molecule has 0 amide bonds. The summed E-state index contributed by atoms with van der Waals surface area (Å²) in [6, 6.07) is 0. The molecule has 0 saturated heterocycles. The second-order valence-electron chi connectivity index (χ2n) is 4.17. The Balaban J connectivity index is 2.52. The number of thioether (sulfide) groups is 1. The van der Waals surface area contributed by atoms with Gasteiger partial charge in [0.2, 0.25) is 0 Å². The maximum absolute atomic E-state index is 5.58. The van der Waals surface area contributed by atoms with Crippen molar-refractivity contribution in [3.05, 3.63) is 5.82 Å². The fourth-order valence-corrected chi connectivity index (χ4v) is 2.73. The number of hydrogen-bond acceptors (Lipinski definition) is 4. The average molecular weight is 242 g/mol. The first-order chi connectivity index (χ1) is 7.69. The third-order valence-corrected chi connectivity index (χ3v) is 3.83. The highest BCUT2D eigenvalue weighted by atomic mass is 32.2. The zero-order valence-electron chi connectivity index (χ0n) is 10.4. The molecule has 1 aromatic heterocycles. The van der Waals surface area contributed by atoms with E-state index in [2.05, 4.69) is 28.6 Å². The maximum Gasteiger partial charge on any atom is 0.191 e. The minimum atomic E-state index is 0.636. The molecule has 5 heteroatoms. The lowest BCUT2D eigenvalue weighted by Gasteiger charge is -2.10. The van der Waals surface area contributed by atoms with Crippen molar-refractivity contribution in [1.29, 1.82) is 0 Å². The highest BCUT2D eigenvalue weighted by molar-refractivity contribution is 7.99. The van der Waals surface area contributed by atoms with Gasteiger partial charge in [0.05, 0.1) is 0 Å². The largest absolute Gasteiger partial charge is 0.329 e. The summed E-state index contributed by atoms with van der Waals surface area (Å²) in [4.78, 5) is 0. The van der Waals surface area contributed by atoms with Crippen LogP contribution in [0.5, 0.6) is 0 Å². The lowest BCUT2D eigenvalue weighted by molar-refractivity contribution is 0.581. The van der Waals surface area contributed by atoms with Gasteiger partial charge in [0.15, 0.2) is 5.16 Å². The number of aryl methyl sites for hydroxylation is 1. The third-order valence-electron chi connectivity index (χ3n) is 2.53. The Labute approximate surface area is 102 Å². The van der Waals surface area contributed by atoms with Crippen molar-refractivity contribution in [3.8, 4) is 0 Å². The van der Waals surface area contributed by atoms with Crippen molar-refractivity contribution >= 4 is 11.8 Å². The van der Waals surface area contributed by atoms with E-state index in [1.165, 1.54) is 12.8 Å². The molecule has 0 radical (unpaired) electrons. The summed E-state index contributed by atoms with van der Waals surface area (Å²) in [5.41, 5.74) is 5.58. The Morgan fingerprint density at radius 2 is 2.19 bits per heavy atom. The van der Waals surface area contributed by atoms with Gasteiger partial charge in [0.25, 0.3) is 0 Å². The van der Waals surface area contributed by atoms with Crippen LogP contribution in [-0.4, -0.2) is 27.1 Å². The molecule has 1 unspecified atom stereocenters. The molecule has 0 spiro atoms. The quantitative estimate of drug-likeness (QED) is 0.744. The molecule has 92 valence electrons. The van der Waals surface area contributed by atoms with Crippen molar-refractivity contribution in [2.75, 3.05) is 12.3 Å². The highest BCUT2D eigenvalue weighted by Gasteiger charge is 2.10. The summed E-state index contributed by atoms with van der Waals surface area (Å²) < 4.78 is 2.10. The van der Waals surface area contributed by atoms with Gasteiger partial charge in [0, 0.05) is 18.8 Å². The first-order valence-electron chi connectivity index (χ1n) is 5.91. The van der Waals surface area contributed by atoms with Crippen molar-refractivity contribution in [3.63, 3.8) is 0 Å². The van der Waals surface area contributed by atoms with E-state index < -0.39 is 0 Å². The molecule has 0 saturated carbocycles. The minimum absolute atomic E-state index is 0.636. The maximum atomic E-state index is 5.58. The lowest BCUT2D eigenvalue weighted by Crippen LogP contribution is -2.12. The summed E-state index contributed by atoms with van der Waals surface area (Å²) in [6.45, 7) is 7.93. The molecule has 0 aromatic carbocycles. The van der Waals surface area contributed by atoms with E-state index in [0.717, 1.165) is 29.2 Å². The van der Waals surface area contributed by atoms with Gasteiger partial charge in [-0.1, -0.05) is 38.5 Å². The Morgan fingerprint density at radius 1 is 1.44 bits per heavy atom. The zero-order chi connectivity index (χ0) is 12.0. The van der Waals surface area contributed by atoms with Crippen LogP contribution in [0.3, 0.4) is 0 Å². The van der Waals surface area contributed by atoms with Crippen LogP contribution in [0.2, 0.25) is 0 Å². The van der Waals surface area contributed by atoms with E-state index in [1.807, 2.05) is 6.92 Å². The standard InChI is InChI=1S/C11H22N4S/c1-4-5-9(2)8-16-11-14-13-10(3)15(11)7-6-12/h9H,4-8,12H2,1-3H3. The molecule has 1 heterocycles. The van der Waals surface area contributed by atoms with Crippen molar-refractivity contribution in [2.45, 2.75) is 45.3 Å². The Kier molecular flexibility index (Phi) is 5.84. The number of aromatic nitrogens is 3. The molecule has 0 bridgehead atoms. The normalized spacial score (nSPS) is 13.0. The Bertz CT molecular complexity index is 311. The third kappa shape index (κ3) is 3.79. The molecule has 1 atom stereocenters. The van der Waals surface area contributed by atoms with Gasteiger partial charge in [-0.05, 0) is 12.8 Å². The average Bonchev–Trinajstić information content (AvgIpc) is 2.59. The van der Waals surface area contributed by atoms with E-state index >= 15 is 0 Å². The van der Waals surface area contributed by atoms with Gasteiger partial charge in [-0.15, -0.1) is 10.2 Å². The summed E-state index contributed by atoms with van der Waals surface area (Å²) in [6.07, 6.45) is 2.52. The van der Waals surface area contributed by atoms with Gasteiger partial charge < -0.3 is 10.3 Å².